The second kappa shape index (κ2) is 8.73. The van der Waals surface area contributed by atoms with Crippen LogP contribution in [0.3, 0.4) is 0 Å². The Kier molecular flexibility index (Phi) is 6.66. The average molecular weight is 336 g/mol. The Balaban J connectivity index is 1.88. The number of rotatable bonds is 4. The van der Waals surface area contributed by atoms with Crippen LogP contribution >= 0.6 is 11.6 Å². The van der Waals surface area contributed by atoms with E-state index in [4.69, 9.17) is 16.3 Å². The third-order valence-electron chi connectivity index (χ3n) is 3.93. The summed E-state index contributed by atoms with van der Waals surface area (Å²) >= 11 is 6.09. The van der Waals surface area contributed by atoms with Crippen molar-refractivity contribution in [3.8, 4) is 0 Å². The van der Waals surface area contributed by atoms with Gasteiger partial charge in [0.15, 0.2) is 6.61 Å². The number of esters is 1. The number of ether oxygens (including phenoxy) is 1. The number of benzene rings is 1. The van der Waals surface area contributed by atoms with Gasteiger partial charge in [0.25, 0.3) is 5.91 Å². The van der Waals surface area contributed by atoms with Crippen LogP contribution in [0.1, 0.15) is 38.2 Å². The molecular weight excluding hydrogens is 314 g/mol. The van der Waals surface area contributed by atoms with Crippen molar-refractivity contribution in [1.29, 1.82) is 0 Å². The molecule has 1 saturated heterocycles. The van der Waals surface area contributed by atoms with Crippen LogP contribution < -0.4 is 0 Å². The Hall–Kier alpha value is -1.81. The number of carbonyl (C=O) groups is 2. The molecule has 2 rings (SSSR count). The minimum Gasteiger partial charge on any atom is -0.452 e. The molecule has 0 aromatic heterocycles. The zero-order valence-corrected chi connectivity index (χ0v) is 14.1. The van der Waals surface area contributed by atoms with Gasteiger partial charge in [0.1, 0.15) is 0 Å². The van der Waals surface area contributed by atoms with E-state index in [1.807, 2.05) is 18.2 Å². The highest BCUT2D eigenvalue weighted by Gasteiger charge is 2.16. The number of hydrogen-bond acceptors (Lipinski definition) is 3. The largest absolute Gasteiger partial charge is 0.452 e. The second-order valence-corrected chi connectivity index (χ2v) is 6.12. The van der Waals surface area contributed by atoms with Gasteiger partial charge in [-0.3, -0.25) is 4.79 Å². The Morgan fingerprint density at radius 3 is 2.48 bits per heavy atom. The number of nitrogens with zero attached hydrogens (tertiary/aromatic N) is 1. The van der Waals surface area contributed by atoms with Crippen LogP contribution in [0.15, 0.2) is 30.3 Å². The van der Waals surface area contributed by atoms with Crippen molar-refractivity contribution in [3.05, 3.63) is 40.9 Å². The van der Waals surface area contributed by atoms with Crippen molar-refractivity contribution in [2.24, 2.45) is 0 Å². The molecule has 1 fully saturated rings. The van der Waals surface area contributed by atoms with Gasteiger partial charge in [-0.15, -0.1) is 0 Å². The molecule has 0 saturated carbocycles. The van der Waals surface area contributed by atoms with Gasteiger partial charge in [-0.25, -0.2) is 4.79 Å². The maximum atomic E-state index is 12.1. The standard InChI is InChI=1S/C18H22ClNO3/c1-14(15-8-4-5-9-16(15)19)12-18(22)23-13-17(21)20-10-6-2-3-7-11-20/h4-5,8-9,12H,2-3,6-7,10-11,13H2,1H3. The normalized spacial score (nSPS) is 15.9. The van der Waals surface area contributed by atoms with Crippen LogP contribution in [0.4, 0.5) is 0 Å². The number of hydrogen-bond donors (Lipinski definition) is 0. The third-order valence-corrected chi connectivity index (χ3v) is 4.26. The van der Waals surface area contributed by atoms with Gasteiger partial charge in [0.2, 0.25) is 0 Å². The van der Waals surface area contributed by atoms with E-state index in [2.05, 4.69) is 0 Å². The molecule has 1 aromatic rings. The summed E-state index contributed by atoms with van der Waals surface area (Å²) in [7, 11) is 0. The van der Waals surface area contributed by atoms with Gasteiger partial charge in [-0.05, 0) is 37.0 Å². The molecule has 23 heavy (non-hydrogen) atoms. The summed E-state index contributed by atoms with van der Waals surface area (Å²) in [6.07, 6.45) is 5.72. The van der Waals surface area contributed by atoms with Gasteiger partial charge in [-0.2, -0.15) is 0 Å². The van der Waals surface area contributed by atoms with Crippen LogP contribution in [0.25, 0.3) is 5.57 Å². The molecular formula is C18H22ClNO3. The first-order valence-corrected chi connectivity index (χ1v) is 8.33. The number of halogens is 1. The summed E-state index contributed by atoms with van der Waals surface area (Å²) in [6.45, 7) is 3.10. The van der Waals surface area contributed by atoms with E-state index in [-0.39, 0.29) is 12.5 Å². The smallest absolute Gasteiger partial charge is 0.331 e. The van der Waals surface area contributed by atoms with Crippen LogP contribution in [0.5, 0.6) is 0 Å². The van der Waals surface area contributed by atoms with Crippen molar-refractivity contribution >= 4 is 29.1 Å². The van der Waals surface area contributed by atoms with Crippen molar-refractivity contribution in [2.75, 3.05) is 19.7 Å². The average Bonchev–Trinajstić information content (AvgIpc) is 2.82. The Morgan fingerprint density at radius 2 is 1.83 bits per heavy atom. The molecule has 0 bridgehead atoms. The molecule has 1 aromatic carbocycles. The molecule has 1 amide bonds. The van der Waals surface area contributed by atoms with E-state index in [9.17, 15) is 9.59 Å². The molecule has 1 aliphatic rings. The molecule has 4 nitrogen and oxygen atoms in total. The predicted octanol–water partition coefficient (Wildman–Crippen LogP) is 3.69. The molecule has 0 atom stereocenters. The Morgan fingerprint density at radius 1 is 1.17 bits per heavy atom. The van der Waals surface area contributed by atoms with E-state index >= 15 is 0 Å². The lowest BCUT2D eigenvalue weighted by Crippen LogP contribution is -2.35. The molecule has 5 heteroatoms. The quantitative estimate of drug-likeness (QED) is 0.622. The predicted molar refractivity (Wildman–Crippen MR) is 91.1 cm³/mol. The molecule has 0 radical (unpaired) electrons. The highest BCUT2D eigenvalue weighted by atomic mass is 35.5. The lowest BCUT2D eigenvalue weighted by molar-refractivity contribution is -0.148. The molecule has 0 N–H and O–H groups in total. The fourth-order valence-corrected chi connectivity index (χ4v) is 2.91. The first-order chi connectivity index (χ1) is 11.1. The van der Waals surface area contributed by atoms with E-state index in [0.29, 0.717) is 10.6 Å². The van der Waals surface area contributed by atoms with Crippen LogP contribution in [-0.2, 0) is 14.3 Å². The van der Waals surface area contributed by atoms with E-state index < -0.39 is 5.97 Å². The number of allylic oxidation sites excluding steroid dienone is 1. The first kappa shape index (κ1) is 17.5. The molecule has 1 aliphatic heterocycles. The van der Waals surface area contributed by atoms with Crippen LogP contribution in [0, 0.1) is 0 Å². The fraction of sp³-hybridized carbons (Fsp3) is 0.444. The first-order valence-electron chi connectivity index (χ1n) is 7.95. The molecule has 1 heterocycles. The fourth-order valence-electron chi connectivity index (χ4n) is 2.62. The third kappa shape index (κ3) is 5.39. The number of amides is 1. The maximum absolute atomic E-state index is 12.1. The number of likely N-dealkylation sites (tertiary alicyclic amines) is 1. The summed E-state index contributed by atoms with van der Waals surface area (Å²) < 4.78 is 5.08. The zero-order chi connectivity index (χ0) is 16.7. The van der Waals surface area contributed by atoms with Crippen LogP contribution in [-0.4, -0.2) is 36.5 Å². The minimum atomic E-state index is -0.523. The van der Waals surface area contributed by atoms with E-state index in [1.54, 1.807) is 17.9 Å². The topological polar surface area (TPSA) is 46.6 Å². The summed E-state index contributed by atoms with van der Waals surface area (Å²) in [5.41, 5.74) is 1.49. The van der Waals surface area contributed by atoms with Gasteiger partial charge < -0.3 is 9.64 Å². The van der Waals surface area contributed by atoms with Gasteiger partial charge >= 0.3 is 5.97 Å². The van der Waals surface area contributed by atoms with Gasteiger partial charge in [-0.1, -0.05) is 42.6 Å². The van der Waals surface area contributed by atoms with Crippen molar-refractivity contribution in [2.45, 2.75) is 32.6 Å². The summed E-state index contributed by atoms with van der Waals surface area (Å²) in [5, 5.41) is 0.578. The lowest BCUT2D eigenvalue weighted by atomic mass is 10.1. The summed E-state index contributed by atoms with van der Waals surface area (Å²) in [5.74, 6) is -0.644. The second-order valence-electron chi connectivity index (χ2n) is 5.71. The van der Waals surface area contributed by atoms with E-state index in [1.165, 1.54) is 6.08 Å². The minimum absolute atomic E-state index is 0.121. The SMILES string of the molecule is CC(=CC(=O)OCC(=O)N1CCCCCC1)c1ccccc1Cl. The zero-order valence-electron chi connectivity index (χ0n) is 13.4. The van der Waals surface area contributed by atoms with Crippen molar-refractivity contribution < 1.29 is 14.3 Å². The van der Waals surface area contributed by atoms with Crippen molar-refractivity contribution in [1.82, 2.24) is 4.90 Å². The molecule has 0 aliphatic carbocycles. The summed E-state index contributed by atoms with van der Waals surface area (Å²) in [4.78, 5) is 25.7. The number of carbonyl (C=O) groups excluding carboxylic acids is 2. The van der Waals surface area contributed by atoms with E-state index in [0.717, 1.165) is 44.3 Å². The Labute approximate surface area is 142 Å². The van der Waals surface area contributed by atoms with Gasteiger partial charge in [0, 0.05) is 24.2 Å². The highest BCUT2D eigenvalue weighted by molar-refractivity contribution is 6.32. The Bertz CT molecular complexity index is 590. The lowest BCUT2D eigenvalue weighted by Gasteiger charge is -2.19. The maximum Gasteiger partial charge on any atom is 0.331 e. The van der Waals surface area contributed by atoms with Crippen LogP contribution in [0.2, 0.25) is 5.02 Å². The van der Waals surface area contributed by atoms with Gasteiger partial charge in [0.05, 0.1) is 0 Å². The molecule has 0 unspecified atom stereocenters. The molecule has 124 valence electrons. The highest BCUT2D eigenvalue weighted by Crippen LogP contribution is 2.23. The van der Waals surface area contributed by atoms with Crippen molar-refractivity contribution in [3.63, 3.8) is 0 Å². The monoisotopic (exact) mass is 335 g/mol. The summed E-state index contributed by atoms with van der Waals surface area (Å²) in [6, 6.07) is 7.29. The molecule has 0 spiro atoms.